The fourth-order valence-corrected chi connectivity index (χ4v) is 1.49. The van der Waals surface area contributed by atoms with E-state index in [-0.39, 0.29) is 18.3 Å². The molecule has 0 spiro atoms. The first-order chi connectivity index (χ1) is 8.79. The van der Waals surface area contributed by atoms with E-state index in [1.165, 1.54) is 0 Å². The van der Waals surface area contributed by atoms with Crippen LogP contribution in [0.15, 0.2) is 24.3 Å². The largest absolute Gasteiger partial charge is 0.496 e. The molecule has 1 aromatic carbocycles. The lowest BCUT2D eigenvalue weighted by atomic mass is 10.2. The number of hydrogen-bond donors (Lipinski definition) is 2. The average molecular weight is 289 g/mol. The average Bonchev–Trinajstić information content (AvgIpc) is 2.42. The Morgan fingerprint density at radius 2 is 1.89 bits per heavy atom. The van der Waals surface area contributed by atoms with Crippen LogP contribution in [0, 0.1) is 0 Å². The van der Waals surface area contributed by atoms with Crippen LogP contribution < -0.4 is 15.4 Å². The van der Waals surface area contributed by atoms with Gasteiger partial charge in [0.2, 0.25) is 0 Å². The fourth-order valence-electron chi connectivity index (χ4n) is 1.49. The van der Waals surface area contributed by atoms with E-state index in [0.717, 1.165) is 6.54 Å². The second-order valence-electron chi connectivity index (χ2n) is 3.70. The molecule has 19 heavy (non-hydrogen) atoms. The lowest BCUT2D eigenvalue weighted by Gasteiger charge is -2.09. The molecule has 0 saturated heterocycles. The topological polar surface area (TPSA) is 59.6 Å². The second-order valence-corrected chi connectivity index (χ2v) is 3.70. The molecule has 0 radical (unpaired) electrons. The molecule has 0 heterocycles. The van der Waals surface area contributed by atoms with Crippen molar-refractivity contribution in [3.8, 4) is 5.75 Å². The molecule has 108 valence electrons. The minimum atomic E-state index is -0.124. The number of nitrogens with one attached hydrogen (secondary N) is 2. The third-order valence-electron chi connectivity index (χ3n) is 2.42. The van der Waals surface area contributed by atoms with Gasteiger partial charge < -0.3 is 20.1 Å². The highest BCUT2D eigenvalue weighted by Crippen LogP contribution is 2.16. The summed E-state index contributed by atoms with van der Waals surface area (Å²) in [6.07, 6.45) is 0. The van der Waals surface area contributed by atoms with E-state index >= 15 is 0 Å². The molecular weight excluding hydrogens is 268 g/mol. The molecule has 0 bridgehead atoms. The van der Waals surface area contributed by atoms with Crippen LogP contribution in [0.3, 0.4) is 0 Å². The summed E-state index contributed by atoms with van der Waals surface area (Å²) in [5, 5.41) is 5.98. The first-order valence-electron chi connectivity index (χ1n) is 5.90. The van der Waals surface area contributed by atoms with Crippen molar-refractivity contribution >= 4 is 18.3 Å². The number of ether oxygens (including phenoxy) is 2. The highest BCUT2D eigenvalue weighted by Gasteiger charge is 2.09. The normalized spacial score (nSPS) is 9.58. The van der Waals surface area contributed by atoms with Gasteiger partial charge in [-0.2, -0.15) is 0 Å². The summed E-state index contributed by atoms with van der Waals surface area (Å²) >= 11 is 0. The Balaban J connectivity index is 0.00000324. The maximum atomic E-state index is 11.9. The first kappa shape index (κ1) is 17.7. The molecule has 2 N–H and O–H groups in total. The Bertz CT molecular complexity index is 375. The van der Waals surface area contributed by atoms with Crippen LogP contribution in [0.1, 0.15) is 10.4 Å². The third-order valence-corrected chi connectivity index (χ3v) is 2.42. The van der Waals surface area contributed by atoms with Crippen LogP contribution in [0.4, 0.5) is 0 Å². The summed E-state index contributed by atoms with van der Waals surface area (Å²) in [7, 11) is 3.21. The molecular formula is C13H21ClN2O3. The van der Waals surface area contributed by atoms with Crippen LogP contribution in [-0.2, 0) is 4.74 Å². The van der Waals surface area contributed by atoms with Gasteiger partial charge in [0.15, 0.2) is 0 Å². The summed E-state index contributed by atoms with van der Waals surface area (Å²) in [6.45, 7) is 2.73. The smallest absolute Gasteiger partial charge is 0.255 e. The van der Waals surface area contributed by atoms with Crippen molar-refractivity contribution in [1.29, 1.82) is 0 Å². The third kappa shape index (κ3) is 6.42. The lowest BCUT2D eigenvalue weighted by molar-refractivity contribution is 0.0950. The number of benzene rings is 1. The van der Waals surface area contributed by atoms with Crippen LogP contribution >= 0.6 is 12.4 Å². The van der Waals surface area contributed by atoms with Crippen molar-refractivity contribution in [1.82, 2.24) is 10.6 Å². The van der Waals surface area contributed by atoms with Crippen molar-refractivity contribution in [2.24, 2.45) is 0 Å². The summed E-state index contributed by atoms with van der Waals surface area (Å²) in [4.78, 5) is 11.9. The van der Waals surface area contributed by atoms with E-state index in [1.54, 1.807) is 26.4 Å². The standard InChI is InChI=1S/C13H20N2O3.ClH/c1-17-10-9-14-7-8-15-13(16)11-5-3-4-6-12(11)18-2;/h3-6,14H,7-10H2,1-2H3,(H,15,16);1H. The van der Waals surface area contributed by atoms with Crippen LogP contribution in [0.25, 0.3) is 0 Å². The number of rotatable bonds is 8. The van der Waals surface area contributed by atoms with E-state index in [2.05, 4.69) is 10.6 Å². The highest BCUT2D eigenvalue weighted by molar-refractivity contribution is 5.96. The number of carbonyl (C=O) groups excluding carboxylic acids is 1. The van der Waals surface area contributed by atoms with E-state index in [0.29, 0.717) is 31.0 Å². The van der Waals surface area contributed by atoms with E-state index in [9.17, 15) is 4.79 Å². The van der Waals surface area contributed by atoms with Crippen molar-refractivity contribution in [3.05, 3.63) is 29.8 Å². The van der Waals surface area contributed by atoms with Gasteiger partial charge in [0.05, 0.1) is 19.3 Å². The molecule has 0 aliphatic carbocycles. The molecule has 0 aliphatic heterocycles. The van der Waals surface area contributed by atoms with Crippen LogP contribution in [-0.4, -0.2) is 46.4 Å². The first-order valence-corrected chi connectivity index (χ1v) is 5.90. The molecule has 0 aromatic heterocycles. The molecule has 0 aliphatic rings. The van der Waals surface area contributed by atoms with Crippen molar-refractivity contribution < 1.29 is 14.3 Å². The zero-order chi connectivity index (χ0) is 13.2. The lowest BCUT2D eigenvalue weighted by Crippen LogP contribution is -2.33. The number of hydrogen-bond acceptors (Lipinski definition) is 4. The van der Waals surface area contributed by atoms with E-state index in [1.807, 2.05) is 12.1 Å². The molecule has 1 aromatic rings. The Labute approximate surface area is 120 Å². The van der Waals surface area contributed by atoms with Gasteiger partial charge >= 0.3 is 0 Å². The summed E-state index contributed by atoms with van der Waals surface area (Å²) in [5.41, 5.74) is 0.553. The van der Waals surface area contributed by atoms with Gasteiger partial charge in [-0.15, -0.1) is 12.4 Å². The number of methoxy groups -OCH3 is 2. The molecule has 5 nitrogen and oxygen atoms in total. The van der Waals surface area contributed by atoms with Gasteiger partial charge in [-0.25, -0.2) is 0 Å². The van der Waals surface area contributed by atoms with Gasteiger partial charge in [0, 0.05) is 26.7 Å². The predicted molar refractivity (Wildman–Crippen MR) is 77.3 cm³/mol. The number of amides is 1. The van der Waals surface area contributed by atoms with Crippen molar-refractivity contribution in [2.45, 2.75) is 0 Å². The van der Waals surface area contributed by atoms with Gasteiger partial charge in [-0.05, 0) is 12.1 Å². The second kappa shape index (κ2) is 10.6. The van der Waals surface area contributed by atoms with Crippen molar-refractivity contribution in [2.75, 3.05) is 40.5 Å². The van der Waals surface area contributed by atoms with Crippen LogP contribution in [0.2, 0.25) is 0 Å². The molecule has 1 amide bonds. The van der Waals surface area contributed by atoms with E-state index < -0.39 is 0 Å². The van der Waals surface area contributed by atoms with Gasteiger partial charge in [0.1, 0.15) is 5.75 Å². The maximum Gasteiger partial charge on any atom is 0.255 e. The van der Waals surface area contributed by atoms with Crippen LogP contribution in [0.5, 0.6) is 5.75 Å². The van der Waals surface area contributed by atoms with E-state index in [4.69, 9.17) is 9.47 Å². The summed E-state index contributed by atoms with van der Waals surface area (Å²) in [6, 6.07) is 7.16. The van der Waals surface area contributed by atoms with Gasteiger partial charge in [0.25, 0.3) is 5.91 Å². The fraction of sp³-hybridized carbons (Fsp3) is 0.462. The predicted octanol–water partition coefficient (Wildman–Crippen LogP) is 1.08. The Hall–Kier alpha value is -1.30. The molecule has 1 rings (SSSR count). The molecule has 0 atom stereocenters. The zero-order valence-corrected chi connectivity index (χ0v) is 12.1. The number of halogens is 1. The summed E-state index contributed by atoms with van der Waals surface area (Å²) in [5.74, 6) is 0.461. The number of carbonyl (C=O) groups is 1. The molecule has 6 heteroatoms. The summed E-state index contributed by atoms with van der Waals surface area (Å²) < 4.78 is 10.0. The Morgan fingerprint density at radius 1 is 1.16 bits per heavy atom. The zero-order valence-electron chi connectivity index (χ0n) is 11.3. The Kier molecular flexibility index (Phi) is 9.88. The number of para-hydroxylation sites is 1. The minimum Gasteiger partial charge on any atom is -0.496 e. The molecule has 0 fully saturated rings. The molecule has 0 saturated carbocycles. The minimum absolute atomic E-state index is 0. The maximum absolute atomic E-state index is 11.9. The highest BCUT2D eigenvalue weighted by atomic mass is 35.5. The monoisotopic (exact) mass is 288 g/mol. The van der Waals surface area contributed by atoms with Gasteiger partial charge in [-0.1, -0.05) is 12.1 Å². The SMILES string of the molecule is COCCNCCNC(=O)c1ccccc1OC.Cl. The molecule has 0 unspecified atom stereocenters. The van der Waals surface area contributed by atoms with Crippen molar-refractivity contribution in [3.63, 3.8) is 0 Å². The Morgan fingerprint density at radius 3 is 2.58 bits per heavy atom. The quantitative estimate of drug-likeness (QED) is 0.703. The van der Waals surface area contributed by atoms with Gasteiger partial charge in [-0.3, -0.25) is 4.79 Å².